The molecule has 0 aliphatic heterocycles. The molecule has 0 saturated carbocycles. The number of hydrogen-bond acceptors (Lipinski definition) is 1. The average molecular weight is 198 g/mol. The summed E-state index contributed by atoms with van der Waals surface area (Å²) in [4.78, 5) is 0. The first-order valence-corrected chi connectivity index (χ1v) is 3.84. The molecule has 0 bridgehead atoms. The molecule has 0 atom stereocenters. The summed E-state index contributed by atoms with van der Waals surface area (Å²) in [7, 11) is 6.12. The molecule has 2 nitrogen and oxygen atoms in total. The predicted molar refractivity (Wildman–Crippen MR) is 46.3 cm³/mol. The second-order valence-electron chi connectivity index (χ2n) is 2.64. The fraction of sp³-hybridized carbons (Fsp3) is 1.00. The van der Waals surface area contributed by atoms with Crippen LogP contribution >= 0.6 is 16.1 Å². The first-order valence-electron chi connectivity index (χ1n) is 3.13. The van der Waals surface area contributed by atoms with Crippen LogP contribution in [-0.4, -0.2) is 31.2 Å². The summed E-state index contributed by atoms with van der Waals surface area (Å²) < 4.78 is 0.812. The lowest BCUT2D eigenvalue weighted by molar-refractivity contribution is -0.709. The minimum atomic E-state index is 0.812. The van der Waals surface area contributed by atoms with E-state index in [4.69, 9.17) is 5.73 Å². The van der Waals surface area contributed by atoms with Crippen molar-refractivity contribution in [2.45, 2.75) is 13.3 Å². The Labute approximate surface area is 67.0 Å². The van der Waals surface area contributed by atoms with Gasteiger partial charge in [0.2, 0.25) is 16.1 Å². The van der Waals surface area contributed by atoms with E-state index in [1.807, 2.05) is 21.1 Å². The maximum Gasteiger partial charge on any atom is 0.226 e. The summed E-state index contributed by atoms with van der Waals surface area (Å²) in [6.07, 6.45) is 1.10. The van der Waals surface area contributed by atoms with Crippen molar-refractivity contribution in [3.05, 3.63) is 0 Å². The molecule has 0 aromatic carbocycles. The van der Waals surface area contributed by atoms with Crippen LogP contribution in [-0.2, 0) is 0 Å². The van der Waals surface area contributed by atoms with E-state index >= 15 is 0 Å². The van der Waals surface area contributed by atoms with Gasteiger partial charge in [0.05, 0.1) is 21.1 Å². The minimum Gasteiger partial charge on any atom is -0.330 e. The highest BCUT2D eigenvalue weighted by Gasteiger charge is 1.94. The molecule has 0 aliphatic carbocycles. The lowest BCUT2D eigenvalue weighted by Crippen LogP contribution is -2.18. The fourth-order valence-electron chi connectivity index (χ4n) is 0. The summed E-state index contributed by atoms with van der Waals surface area (Å²) in [6, 6.07) is 0. The van der Waals surface area contributed by atoms with Gasteiger partial charge in [-0.1, -0.05) is 6.92 Å². The number of quaternary nitrogens is 1. The topological polar surface area (TPSA) is 26.0 Å². The zero-order valence-electron chi connectivity index (χ0n) is 6.82. The Morgan fingerprint density at radius 2 is 1.44 bits per heavy atom. The Hall–Kier alpha value is 0.400. The molecule has 9 heavy (non-hydrogen) atoms. The molecular formula is C6H18BrN2+. The molecule has 0 spiro atoms. The van der Waals surface area contributed by atoms with E-state index in [1.165, 1.54) is 0 Å². The monoisotopic (exact) mass is 197 g/mol. The summed E-state index contributed by atoms with van der Waals surface area (Å²) in [5.41, 5.74) is 5.03. The summed E-state index contributed by atoms with van der Waals surface area (Å²) in [5, 5.41) is 0. The molecular weight excluding hydrogens is 180 g/mol. The van der Waals surface area contributed by atoms with Crippen molar-refractivity contribution in [2.24, 2.45) is 5.73 Å². The van der Waals surface area contributed by atoms with Gasteiger partial charge < -0.3 is 5.73 Å². The molecule has 0 fully saturated rings. The Morgan fingerprint density at radius 1 is 1.33 bits per heavy atom. The van der Waals surface area contributed by atoms with Gasteiger partial charge in [0, 0.05) is 0 Å². The zero-order chi connectivity index (χ0) is 7.91. The van der Waals surface area contributed by atoms with Crippen molar-refractivity contribution in [1.29, 1.82) is 0 Å². The summed E-state index contributed by atoms with van der Waals surface area (Å²) in [6.45, 7) is 2.88. The highest BCUT2D eigenvalue weighted by molar-refractivity contribution is 9.05. The zero-order valence-corrected chi connectivity index (χ0v) is 8.40. The molecule has 0 unspecified atom stereocenters. The van der Waals surface area contributed by atoms with Gasteiger partial charge in [-0.05, 0) is 13.0 Å². The van der Waals surface area contributed by atoms with Crippen LogP contribution in [0.4, 0.5) is 0 Å². The number of rotatable bonds is 1. The minimum absolute atomic E-state index is 0.812. The third-order valence-electron chi connectivity index (χ3n) is 0.289. The van der Waals surface area contributed by atoms with Crippen LogP contribution in [0.25, 0.3) is 0 Å². The van der Waals surface area contributed by atoms with E-state index in [2.05, 4.69) is 23.1 Å². The summed E-state index contributed by atoms with van der Waals surface area (Å²) in [5.74, 6) is 0. The smallest absolute Gasteiger partial charge is 0.226 e. The van der Waals surface area contributed by atoms with Gasteiger partial charge >= 0.3 is 0 Å². The van der Waals surface area contributed by atoms with Crippen LogP contribution in [0.5, 0.6) is 0 Å². The van der Waals surface area contributed by atoms with E-state index in [0.29, 0.717) is 0 Å². The van der Waals surface area contributed by atoms with Crippen molar-refractivity contribution in [1.82, 2.24) is 0 Å². The molecule has 0 aromatic heterocycles. The lowest BCUT2D eigenvalue weighted by Gasteiger charge is -2.08. The van der Waals surface area contributed by atoms with Gasteiger partial charge in [0.15, 0.2) is 0 Å². The molecule has 0 heterocycles. The Balaban J connectivity index is 0. The van der Waals surface area contributed by atoms with Crippen LogP contribution in [0.2, 0.25) is 0 Å². The van der Waals surface area contributed by atoms with E-state index < -0.39 is 0 Å². The third-order valence-corrected chi connectivity index (χ3v) is 0.289. The molecule has 0 radical (unpaired) electrons. The van der Waals surface area contributed by atoms with Gasteiger partial charge in [0.25, 0.3) is 0 Å². The first-order chi connectivity index (χ1) is 3.91. The fourth-order valence-corrected chi connectivity index (χ4v) is 0. The maximum atomic E-state index is 5.03. The third kappa shape index (κ3) is 176. The van der Waals surface area contributed by atoms with E-state index in [-0.39, 0.29) is 0 Å². The molecule has 0 saturated heterocycles. The van der Waals surface area contributed by atoms with Gasteiger partial charge in [-0.25, -0.2) is 0 Å². The van der Waals surface area contributed by atoms with Crippen molar-refractivity contribution in [3.63, 3.8) is 0 Å². The second-order valence-corrected chi connectivity index (χ2v) is 4.77. The van der Waals surface area contributed by atoms with Crippen molar-refractivity contribution in [2.75, 3.05) is 27.7 Å². The number of nitrogens with zero attached hydrogens (tertiary/aromatic N) is 1. The van der Waals surface area contributed by atoms with Crippen LogP contribution < -0.4 is 5.73 Å². The van der Waals surface area contributed by atoms with Gasteiger partial charge in [-0.3, -0.25) is 3.51 Å². The average Bonchev–Trinajstić information content (AvgIpc) is 1.61. The highest BCUT2D eigenvalue weighted by Crippen LogP contribution is 1.96. The Bertz CT molecular complexity index is 41.5. The van der Waals surface area contributed by atoms with Crippen molar-refractivity contribution < 1.29 is 3.51 Å². The Morgan fingerprint density at radius 3 is 1.44 bits per heavy atom. The van der Waals surface area contributed by atoms with Crippen LogP contribution in [0.3, 0.4) is 0 Å². The molecule has 58 valence electrons. The van der Waals surface area contributed by atoms with Gasteiger partial charge in [-0.2, -0.15) is 0 Å². The molecule has 2 N–H and O–H groups in total. The van der Waals surface area contributed by atoms with Crippen LogP contribution in [0, 0.1) is 0 Å². The lowest BCUT2D eigenvalue weighted by atomic mass is 10.5. The number of hydrogen-bond donors (Lipinski definition) is 1. The molecule has 0 amide bonds. The van der Waals surface area contributed by atoms with E-state index in [1.54, 1.807) is 0 Å². The number of halogens is 1. The molecule has 3 heteroatoms. The quantitative estimate of drug-likeness (QED) is 0.632. The standard InChI is InChI=1S/C3H9BrN.C3H9N/c1-5(2,3)4;1-2-3-4/h1-3H3;2-4H2,1H3/q+1;. The van der Waals surface area contributed by atoms with Gasteiger partial charge in [-0.15, -0.1) is 0 Å². The SMILES string of the molecule is CCCN.C[N+](C)(C)Br. The van der Waals surface area contributed by atoms with Crippen molar-refractivity contribution >= 4 is 16.1 Å². The van der Waals surface area contributed by atoms with Gasteiger partial charge in [0.1, 0.15) is 0 Å². The largest absolute Gasteiger partial charge is 0.330 e. The van der Waals surface area contributed by atoms with Crippen LogP contribution in [0.1, 0.15) is 13.3 Å². The maximum absolute atomic E-state index is 5.03. The van der Waals surface area contributed by atoms with E-state index in [9.17, 15) is 0 Å². The van der Waals surface area contributed by atoms with E-state index in [0.717, 1.165) is 16.5 Å². The molecule has 0 rings (SSSR count). The van der Waals surface area contributed by atoms with Crippen LogP contribution in [0.15, 0.2) is 0 Å². The first kappa shape index (κ1) is 12.1. The molecule has 0 aromatic rings. The Kier molecular flexibility index (Phi) is 8.77. The molecule has 0 aliphatic rings. The summed E-state index contributed by atoms with van der Waals surface area (Å²) >= 11 is 3.31. The highest BCUT2D eigenvalue weighted by atomic mass is 79.9. The predicted octanol–water partition coefficient (Wildman–Crippen LogP) is 1.36. The van der Waals surface area contributed by atoms with Crippen molar-refractivity contribution in [3.8, 4) is 0 Å². The number of nitrogens with two attached hydrogens (primary N) is 1. The normalized spacial score (nSPS) is 10.0. The second kappa shape index (κ2) is 6.52.